The van der Waals surface area contributed by atoms with E-state index in [2.05, 4.69) is 25.0 Å². The number of nitrogens with zero attached hydrogens (tertiary/aromatic N) is 6. The monoisotopic (exact) mass is 308 g/mol. The number of piperidine rings is 1. The van der Waals surface area contributed by atoms with Crippen molar-refractivity contribution in [2.75, 3.05) is 26.2 Å². The zero-order valence-electron chi connectivity index (χ0n) is 11.7. The second-order valence-corrected chi connectivity index (χ2v) is 5.23. The van der Waals surface area contributed by atoms with Crippen LogP contribution in [0.15, 0.2) is 18.5 Å². The van der Waals surface area contributed by atoms with Crippen molar-refractivity contribution in [3.63, 3.8) is 0 Å². The largest absolute Gasteiger partial charge is 0.462 e. The van der Waals surface area contributed by atoms with Gasteiger partial charge >= 0.3 is 6.01 Å². The zero-order valence-corrected chi connectivity index (χ0v) is 12.4. The number of ether oxygens (including phenoxy) is 1. The van der Waals surface area contributed by atoms with Gasteiger partial charge in [0.05, 0.1) is 0 Å². The van der Waals surface area contributed by atoms with Crippen LogP contribution in [-0.2, 0) is 0 Å². The van der Waals surface area contributed by atoms with E-state index in [4.69, 9.17) is 16.3 Å². The quantitative estimate of drug-likeness (QED) is 0.835. The molecule has 0 saturated carbocycles. The van der Waals surface area contributed by atoms with Gasteiger partial charge in [-0.3, -0.25) is 4.90 Å². The van der Waals surface area contributed by atoms with Crippen LogP contribution in [0.3, 0.4) is 0 Å². The average molecular weight is 309 g/mol. The standard InChI is InChI=1S/C13H17ClN6O/c14-11-16-12(20-8-4-5-15-20)18-13(17-11)21-10-9-19-6-2-1-3-7-19/h4-5,8H,1-3,6-7,9-10H2. The van der Waals surface area contributed by atoms with E-state index < -0.39 is 0 Å². The molecule has 1 saturated heterocycles. The number of hydrogen-bond acceptors (Lipinski definition) is 6. The Morgan fingerprint density at radius 3 is 2.76 bits per heavy atom. The summed E-state index contributed by atoms with van der Waals surface area (Å²) in [6.07, 6.45) is 7.24. The first-order valence-electron chi connectivity index (χ1n) is 7.08. The second kappa shape index (κ2) is 6.82. The Labute approximate surface area is 127 Å². The first kappa shape index (κ1) is 14.2. The van der Waals surface area contributed by atoms with Crippen LogP contribution in [0.25, 0.3) is 5.95 Å². The van der Waals surface area contributed by atoms with Gasteiger partial charge in [-0.2, -0.15) is 20.1 Å². The minimum absolute atomic E-state index is 0.100. The van der Waals surface area contributed by atoms with Crippen LogP contribution in [0.4, 0.5) is 0 Å². The predicted molar refractivity (Wildman–Crippen MR) is 77.7 cm³/mol. The molecule has 2 aromatic heterocycles. The van der Waals surface area contributed by atoms with E-state index in [0.717, 1.165) is 19.6 Å². The number of halogens is 1. The van der Waals surface area contributed by atoms with Gasteiger partial charge in [0.2, 0.25) is 5.28 Å². The van der Waals surface area contributed by atoms with Gasteiger partial charge in [-0.15, -0.1) is 0 Å². The highest BCUT2D eigenvalue weighted by molar-refractivity contribution is 6.28. The number of likely N-dealkylation sites (tertiary alicyclic amines) is 1. The molecule has 8 heteroatoms. The number of hydrogen-bond donors (Lipinski definition) is 0. The van der Waals surface area contributed by atoms with E-state index in [1.807, 2.05) is 0 Å². The molecule has 0 unspecified atom stereocenters. The highest BCUT2D eigenvalue weighted by Gasteiger charge is 2.11. The summed E-state index contributed by atoms with van der Waals surface area (Å²) in [5, 5.41) is 4.16. The van der Waals surface area contributed by atoms with Crippen LogP contribution in [0.1, 0.15) is 19.3 Å². The van der Waals surface area contributed by atoms with E-state index in [9.17, 15) is 0 Å². The minimum atomic E-state index is 0.100. The van der Waals surface area contributed by atoms with Crippen LogP contribution in [0.5, 0.6) is 6.01 Å². The molecule has 7 nitrogen and oxygen atoms in total. The van der Waals surface area contributed by atoms with Crippen molar-refractivity contribution in [1.82, 2.24) is 29.6 Å². The lowest BCUT2D eigenvalue weighted by atomic mass is 10.1. The van der Waals surface area contributed by atoms with Crippen molar-refractivity contribution < 1.29 is 4.74 Å². The number of aromatic nitrogens is 5. The molecule has 0 radical (unpaired) electrons. The molecular weight excluding hydrogens is 292 g/mol. The van der Waals surface area contributed by atoms with Gasteiger partial charge < -0.3 is 4.74 Å². The van der Waals surface area contributed by atoms with E-state index in [-0.39, 0.29) is 11.3 Å². The van der Waals surface area contributed by atoms with Gasteiger partial charge in [-0.05, 0) is 43.6 Å². The summed E-state index contributed by atoms with van der Waals surface area (Å²) in [6, 6.07) is 2.02. The zero-order chi connectivity index (χ0) is 14.5. The predicted octanol–water partition coefficient (Wildman–Crippen LogP) is 1.58. The highest BCUT2D eigenvalue weighted by atomic mass is 35.5. The molecule has 0 aliphatic carbocycles. The third kappa shape index (κ3) is 3.89. The summed E-state index contributed by atoms with van der Waals surface area (Å²) in [7, 11) is 0. The lowest BCUT2D eigenvalue weighted by Crippen LogP contribution is -2.33. The Balaban J connectivity index is 1.60. The highest BCUT2D eigenvalue weighted by Crippen LogP contribution is 2.11. The molecule has 1 fully saturated rings. The van der Waals surface area contributed by atoms with Crippen molar-refractivity contribution in [1.29, 1.82) is 0 Å². The summed E-state index contributed by atoms with van der Waals surface area (Å²) in [5.74, 6) is 0.355. The van der Waals surface area contributed by atoms with Crippen molar-refractivity contribution in [3.8, 4) is 12.0 Å². The van der Waals surface area contributed by atoms with E-state index >= 15 is 0 Å². The molecule has 0 amide bonds. The first-order chi connectivity index (χ1) is 10.3. The van der Waals surface area contributed by atoms with Gasteiger partial charge in [0.1, 0.15) is 6.61 Å². The molecule has 112 valence electrons. The second-order valence-electron chi connectivity index (χ2n) is 4.89. The molecule has 21 heavy (non-hydrogen) atoms. The Morgan fingerprint density at radius 1 is 1.14 bits per heavy atom. The lowest BCUT2D eigenvalue weighted by Gasteiger charge is -2.25. The average Bonchev–Trinajstić information content (AvgIpc) is 3.02. The van der Waals surface area contributed by atoms with Gasteiger partial charge in [-0.25, -0.2) is 4.68 Å². The fraction of sp³-hybridized carbons (Fsp3) is 0.538. The van der Waals surface area contributed by atoms with Crippen molar-refractivity contribution in [2.24, 2.45) is 0 Å². The molecule has 1 aliphatic heterocycles. The molecule has 3 rings (SSSR count). The van der Waals surface area contributed by atoms with E-state index in [1.165, 1.54) is 23.9 Å². The van der Waals surface area contributed by atoms with Crippen molar-refractivity contribution in [3.05, 3.63) is 23.7 Å². The van der Waals surface area contributed by atoms with Gasteiger partial charge in [0.25, 0.3) is 5.95 Å². The Kier molecular flexibility index (Phi) is 4.62. The van der Waals surface area contributed by atoms with Crippen LogP contribution in [-0.4, -0.2) is 55.9 Å². The van der Waals surface area contributed by atoms with Crippen LogP contribution >= 0.6 is 11.6 Å². The summed E-state index contributed by atoms with van der Waals surface area (Å²) >= 11 is 5.90. The Bertz CT molecular complexity index is 570. The van der Waals surface area contributed by atoms with Gasteiger partial charge in [-0.1, -0.05) is 6.42 Å². The maximum Gasteiger partial charge on any atom is 0.322 e. The Hall–Kier alpha value is -1.73. The van der Waals surface area contributed by atoms with E-state index in [0.29, 0.717) is 12.6 Å². The van der Waals surface area contributed by atoms with Crippen molar-refractivity contribution in [2.45, 2.75) is 19.3 Å². The maximum atomic E-state index is 5.90. The Morgan fingerprint density at radius 2 is 2.00 bits per heavy atom. The molecule has 0 atom stereocenters. The molecule has 0 N–H and O–H groups in total. The smallest absolute Gasteiger partial charge is 0.322 e. The van der Waals surface area contributed by atoms with Gasteiger partial charge in [0, 0.05) is 18.9 Å². The van der Waals surface area contributed by atoms with Crippen LogP contribution in [0.2, 0.25) is 5.28 Å². The number of rotatable bonds is 5. The molecule has 2 aromatic rings. The summed E-state index contributed by atoms with van der Waals surface area (Å²) < 4.78 is 7.12. The third-order valence-corrected chi connectivity index (χ3v) is 3.54. The van der Waals surface area contributed by atoms with Crippen molar-refractivity contribution >= 4 is 11.6 Å². The SMILES string of the molecule is Clc1nc(OCCN2CCCCC2)nc(-n2cccn2)n1. The summed E-state index contributed by atoms with van der Waals surface area (Å²) in [5.41, 5.74) is 0. The van der Waals surface area contributed by atoms with Crippen LogP contribution < -0.4 is 4.74 Å². The van der Waals surface area contributed by atoms with Gasteiger partial charge in [0.15, 0.2) is 0 Å². The molecule has 3 heterocycles. The molecule has 0 bridgehead atoms. The first-order valence-corrected chi connectivity index (χ1v) is 7.46. The molecule has 0 spiro atoms. The topological polar surface area (TPSA) is 69.0 Å². The maximum absolute atomic E-state index is 5.90. The summed E-state index contributed by atoms with van der Waals surface area (Å²) in [4.78, 5) is 14.6. The molecule has 1 aliphatic rings. The summed E-state index contributed by atoms with van der Waals surface area (Å²) in [6.45, 7) is 3.69. The molecule has 0 aromatic carbocycles. The van der Waals surface area contributed by atoms with Crippen LogP contribution in [0, 0.1) is 0 Å². The van der Waals surface area contributed by atoms with E-state index in [1.54, 1.807) is 18.5 Å². The third-order valence-electron chi connectivity index (χ3n) is 3.37. The fourth-order valence-electron chi connectivity index (χ4n) is 2.33. The minimum Gasteiger partial charge on any atom is -0.462 e. The lowest BCUT2D eigenvalue weighted by molar-refractivity contribution is 0.177. The fourth-order valence-corrected chi connectivity index (χ4v) is 2.47. The molecular formula is C13H17ClN6O. The normalized spacial score (nSPS) is 16.0.